The maximum absolute atomic E-state index is 12.6. The van der Waals surface area contributed by atoms with E-state index in [0.29, 0.717) is 24.3 Å². The van der Waals surface area contributed by atoms with Gasteiger partial charge in [-0.1, -0.05) is 40.0 Å². The molecular formula is C16H28N2O2. The fraction of sp³-hybridized carbons (Fsp3) is 0.875. The van der Waals surface area contributed by atoms with Gasteiger partial charge in [0.15, 0.2) is 0 Å². The maximum atomic E-state index is 12.6. The summed E-state index contributed by atoms with van der Waals surface area (Å²) in [6.45, 7) is 7.42. The highest BCUT2D eigenvalue weighted by atomic mass is 16.2. The first-order valence-electron chi connectivity index (χ1n) is 8.07. The lowest BCUT2D eigenvalue weighted by molar-refractivity contribution is -0.147. The molecule has 4 nitrogen and oxygen atoms in total. The van der Waals surface area contributed by atoms with Crippen molar-refractivity contribution in [3.8, 4) is 0 Å². The van der Waals surface area contributed by atoms with Crippen molar-refractivity contribution in [2.75, 3.05) is 13.1 Å². The Morgan fingerprint density at radius 3 is 2.40 bits per heavy atom. The maximum Gasteiger partial charge on any atom is 0.245 e. The smallest absolute Gasteiger partial charge is 0.245 e. The second-order valence-corrected chi connectivity index (χ2v) is 6.88. The van der Waals surface area contributed by atoms with Crippen molar-refractivity contribution in [2.24, 2.45) is 17.8 Å². The van der Waals surface area contributed by atoms with E-state index in [2.05, 4.69) is 26.1 Å². The van der Waals surface area contributed by atoms with Crippen LogP contribution in [0.1, 0.15) is 52.9 Å². The number of rotatable bonds is 4. The normalized spacial score (nSPS) is 26.8. The number of amides is 2. The highest BCUT2D eigenvalue weighted by Gasteiger charge is 2.38. The van der Waals surface area contributed by atoms with Gasteiger partial charge in [0.2, 0.25) is 11.8 Å². The van der Waals surface area contributed by atoms with Crippen molar-refractivity contribution in [3.05, 3.63) is 0 Å². The van der Waals surface area contributed by atoms with Crippen molar-refractivity contribution in [3.63, 3.8) is 0 Å². The summed E-state index contributed by atoms with van der Waals surface area (Å²) < 4.78 is 0. The van der Waals surface area contributed by atoms with E-state index in [9.17, 15) is 9.59 Å². The molecule has 1 N–H and O–H groups in total. The number of hydrogen-bond acceptors (Lipinski definition) is 2. The first kappa shape index (κ1) is 15.3. The van der Waals surface area contributed by atoms with E-state index in [1.165, 1.54) is 19.3 Å². The average molecular weight is 280 g/mol. The zero-order chi connectivity index (χ0) is 14.7. The van der Waals surface area contributed by atoms with Gasteiger partial charge < -0.3 is 10.2 Å². The Labute approximate surface area is 122 Å². The van der Waals surface area contributed by atoms with Crippen molar-refractivity contribution < 1.29 is 9.59 Å². The van der Waals surface area contributed by atoms with Crippen LogP contribution in [0.25, 0.3) is 0 Å². The molecule has 2 atom stereocenters. The number of carbonyl (C=O) groups excluding carboxylic acids is 2. The molecule has 2 amide bonds. The van der Waals surface area contributed by atoms with Gasteiger partial charge in [-0.2, -0.15) is 0 Å². The quantitative estimate of drug-likeness (QED) is 0.858. The van der Waals surface area contributed by atoms with Gasteiger partial charge in [-0.15, -0.1) is 0 Å². The minimum Gasteiger partial charge on any atom is -0.342 e. The molecule has 1 saturated carbocycles. The second-order valence-electron chi connectivity index (χ2n) is 6.88. The molecule has 1 aliphatic heterocycles. The van der Waals surface area contributed by atoms with E-state index in [4.69, 9.17) is 0 Å². The van der Waals surface area contributed by atoms with Gasteiger partial charge in [-0.05, 0) is 30.6 Å². The number of nitrogens with zero attached hydrogens (tertiary/aromatic N) is 1. The molecule has 0 radical (unpaired) electrons. The molecule has 0 aromatic rings. The van der Waals surface area contributed by atoms with Gasteiger partial charge >= 0.3 is 0 Å². The van der Waals surface area contributed by atoms with Crippen molar-refractivity contribution in [1.82, 2.24) is 10.2 Å². The molecule has 0 spiro atoms. The highest BCUT2D eigenvalue weighted by Crippen LogP contribution is 2.28. The average Bonchev–Trinajstić information content (AvgIpc) is 2.43. The third kappa shape index (κ3) is 3.53. The number of nitrogens with one attached hydrogen (secondary N) is 1. The summed E-state index contributed by atoms with van der Waals surface area (Å²) in [4.78, 5) is 26.3. The van der Waals surface area contributed by atoms with Crippen LogP contribution in [0.15, 0.2) is 0 Å². The van der Waals surface area contributed by atoms with E-state index in [1.54, 1.807) is 4.90 Å². The lowest BCUT2D eigenvalue weighted by Gasteiger charge is -2.39. The van der Waals surface area contributed by atoms with Crippen LogP contribution in [-0.2, 0) is 9.59 Å². The Morgan fingerprint density at radius 2 is 1.80 bits per heavy atom. The summed E-state index contributed by atoms with van der Waals surface area (Å²) in [5.74, 6) is 1.45. The van der Waals surface area contributed by atoms with Crippen LogP contribution in [-0.4, -0.2) is 35.8 Å². The van der Waals surface area contributed by atoms with Crippen LogP contribution in [0.4, 0.5) is 0 Å². The first-order valence-corrected chi connectivity index (χ1v) is 8.07. The van der Waals surface area contributed by atoms with E-state index in [-0.39, 0.29) is 24.4 Å². The standard InChI is InChI=1S/C16H28N2O2/c1-11(2)12(3)9-18-10-14(19)17-15(16(18)20)13-7-5-4-6-8-13/h11-13,15H,4-10H2,1-3H3,(H,17,19). The van der Waals surface area contributed by atoms with Gasteiger partial charge in [-0.3, -0.25) is 9.59 Å². The summed E-state index contributed by atoms with van der Waals surface area (Å²) in [7, 11) is 0. The number of piperazine rings is 1. The Hall–Kier alpha value is -1.06. The largest absolute Gasteiger partial charge is 0.342 e. The van der Waals surface area contributed by atoms with Crippen LogP contribution >= 0.6 is 0 Å². The summed E-state index contributed by atoms with van der Waals surface area (Å²) >= 11 is 0. The van der Waals surface area contributed by atoms with Gasteiger partial charge in [0.05, 0.1) is 6.54 Å². The Kier molecular flexibility index (Phi) is 5.06. The lowest BCUT2D eigenvalue weighted by Crippen LogP contribution is -2.61. The van der Waals surface area contributed by atoms with Crippen LogP contribution in [0, 0.1) is 17.8 Å². The predicted octanol–water partition coefficient (Wildman–Crippen LogP) is 2.19. The predicted molar refractivity (Wildman–Crippen MR) is 79.1 cm³/mol. The lowest BCUT2D eigenvalue weighted by atomic mass is 9.82. The Morgan fingerprint density at radius 1 is 1.15 bits per heavy atom. The molecule has 4 heteroatoms. The van der Waals surface area contributed by atoms with E-state index >= 15 is 0 Å². The van der Waals surface area contributed by atoms with Gasteiger partial charge in [0.25, 0.3) is 0 Å². The van der Waals surface area contributed by atoms with Gasteiger partial charge in [0, 0.05) is 6.54 Å². The molecule has 2 unspecified atom stereocenters. The first-order chi connectivity index (χ1) is 9.49. The summed E-state index contributed by atoms with van der Waals surface area (Å²) in [6, 6.07) is -0.268. The number of hydrogen-bond donors (Lipinski definition) is 1. The summed E-state index contributed by atoms with van der Waals surface area (Å²) in [5, 5.41) is 2.94. The third-order valence-corrected chi connectivity index (χ3v) is 5.00. The summed E-state index contributed by atoms with van der Waals surface area (Å²) in [6.07, 6.45) is 5.79. The van der Waals surface area contributed by atoms with Crippen LogP contribution < -0.4 is 5.32 Å². The van der Waals surface area contributed by atoms with Gasteiger partial charge in [0.1, 0.15) is 6.04 Å². The molecule has 0 aromatic heterocycles. The second kappa shape index (κ2) is 6.59. The molecule has 1 aliphatic carbocycles. The fourth-order valence-corrected chi connectivity index (χ4v) is 3.23. The summed E-state index contributed by atoms with van der Waals surface area (Å²) in [5.41, 5.74) is 0. The number of carbonyl (C=O) groups is 2. The third-order valence-electron chi connectivity index (χ3n) is 5.00. The molecule has 2 rings (SSSR count). The molecule has 1 heterocycles. The molecule has 0 bridgehead atoms. The van der Waals surface area contributed by atoms with E-state index < -0.39 is 0 Å². The minimum absolute atomic E-state index is 0.0103. The van der Waals surface area contributed by atoms with Gasteiger partial charge in [-0.25, -0.2) is 0 Å². The zero-order valence-corrected chi connectivity index (χ0v) is 13.0. The molecule has 2 fully saturated rings. The molecule has 0 aromatic carbocycles. The van der Waals surface area contributed by atoms with Crippen LogP contribution in [0.2, 0.25) is 0 Å². The molecular weight excluding hydrogens is 252 g/mol. The SMILES string of the molecule is CC(C)C(C)CN1CC(=O)NC(C2CCCCC2)C1=O. The zero-order valence-electron chi connectivity index (χ0n) is 13.0. The van der Waals surface area contributed by atoms with E-state index in [1.807, 2.05) is 0 Å². The fourth-order valence-electron chi connectivity index (χ4n) is 3.23. The minimum atomic E-state index is -0.268. The molecule has 114 valence electrons. The molecule has 1 saturated heterocycles. The highest BCUT2D eigenvalue weighted by molar-refractivity contribution is 5.95. The van der Waals surface area contributed by atoms with Crippen molar-refractivity contribution >= 4 is 11.8 Å². The topological polar surface area (TPSA) is 49.4 Å². The Balaban J connectivity index is 2.02. The monoisotopic (exact) mass is 280 g/mol. The molecule has 20 heavy (non-hydrogen) atoms. The van der Waals surface area contributed by atoms with Crippen molar-refractivity contribution in [1.29, 1.82) is 0 Å². The van der Waals surface area contributed by atoms with Crippen LogP contribution in [0.3, 0.4) is 0 Å². The van der Waals surface area contributed by atoms with E-state index in [0.717, 1.165) is 12.8 Å². The van der Waals surface area contributed by atoms with Crippen molar-refractivity contribution in [2.45, 2.75) is 58.9 Å². The molecule has 2 aliphatic rings. The van der Waals surface area contributed by atoms with Crippen LogP contribution in [0.5, 0.6) is 0 Å². The Bertz CT molecular complexity index is 361.